The maximum Gasteiger partial charge on any atom is 0.411 e. The van der Waals surface area contributed by atoms with Crippen molar-refractivity contribution in [2.75, 3.05) is 13.7 Å². The zero-order valence-electron chi connectivity index (χ0n) is 15.4. The Morgan fingerprint density at radius 3 is 2.52 bits per heavy atom. The number of nitrogens with one attached hydrogen (secondary N) is 1. The molecular formula is C17H27FN2O5. The molecule has 1 N–H and O–H groups in total. The fourth-order valence-electron chi connectivity index (χ4n) is 2.38. The Hall–Kier alpha value is -2.12. The van der Waals surface area contributed by atoms with Crippen LogP contribution in [-0.2, 0) is 19.1 Å². The van der Waals surface area contributed by atoms with Gasteiger partial charge in [-0.3, -0.25) is 9.69 Å². The first-order valence-corrected chi connectivity index (χ1v) is 8.27. The SMILES string of the molecule is CC[C@@H](/C=C/C(=O)OC)NC(=O)[C@@H]1C[C@H](F)CN1C(=O)OC(C)(C)C. The van der Waals surface area contributed by atoms with Crippen LogP contribution in [0.25, 0.3) is 0 Å². The van der Waals surface area contributed by atoms with Crippen LogP contribution >= 0.6 is 0 Å². The maximum atomic E-state index is 13.8. The van der Waals surface area contributed by atoms with Crippen molar-refractivity contribution in [1.29, 1.82) is 0 Å². The number of amides is 2. The smallest absolute Gasteiger partial charge is 0.411 e. The molecule has 1 fully saturated rings. The van der Waals surface area contributed by atoms with Crippen molar-refractivity contribution in [3.8, 4) is 0 Å². The molecule has 7 nitrogen and oxygen atoms in total. The second-order valence-corrected chi connectivity index (χ2v) is 6.89. The van der Waals surface area contributed by atoms with Crippen LogP contribution in [0.15, 0.2) is 12.2 Å². The molecule has 0 aliphatic carbocycles. The third-order valence-electron chi connectivity index (χ3n) is 3.61. The molecule has 2 amide bonds. The predicted molar refractivity (Wildman–Crippen MR) is 89.6 cm³/mol. The minimum absolute atomic E-state index is 0.0811. The lowest BCUT2D eigenvalue weighted by Gasteiger charge is -2.28. The van der Waals surface area contributed by atoms with Crippen LogP contribution < -0.4 is 5.32 Å². The number of methoxy groups -OCH3 is 1. The summed E-state index contributed by atoms with van der Waals surface area (Å²) in [5.41, 5.74) is -0.734. The lowest BCUT2D eigenvalue weighted by atomic mass is 10.1. The number of carbonyl (C=O) groups is 3. The quantitative estimate of drug-likeness (QED) is 0.600. The predicted octanol–water partition coefficient (Wildman–Crippen LogP) is 1.96. The van der Waals surface area contributed by atoms with Gasteiger partial charge in [0.1, 0.15) is 17.8 Å². The van der Waals surface area contributed by atoms with Crippen molar-refractivity contribution in [1.82, 2.24) is 10.2 Å². The fraction of sp³-hybridized carbons (Fsp3) is 0.706. The Morgan fingerprint density at radius 2 is 2.00 bits per heavy atom. The summed E-state index contributed by atoms with van der Waals surface area (Å²) in [5.74, 6) is -1.01. The normalized spacial score (nSPS) is 21.9. The lowest BCUT2D eigenvalue weighted by molar-refractivity contribution is -0.135. The van der Waals surface area contributed by atoms with E-state index >= 15 is 0 Å². The molecular weight excluding hydrogens is 331 g/mol. The van der Waals surface area contributed by atoms with Crippen molar-refractivity contribution < 1.29 is 28.2 Å². The summed E-state index contributed by atoms with van der Waals surface area (Å²) in [7, 11) is 1.25. The van der Waals surface area contributed by atoms with E-state index in [9.17, 15) is 18.8 Å². The number of hydrogen-bond acceptors (Lipinski definition) is 5. The second-order valence-electron chi connectivity index (χ2n) is 6.89. The molecule has 0 spiro atoms. The van der Waals surface area contributed by atoms with Gasteiger partial charge in [-0.15, -0.1) is 0 Å². The topological polar surface area (TPSA) is 84.9 Å². The number of likely N-dealkylation sites (tertiary alicyclic amines) is 1. The zero-order valence-corrected chi connectivity index (χ0v) is 15.4. The minimum Gasteiger partial charge on any atom is -0.466 e. The van der Waals surface area contributed by atoms with E-state index in [4.69, 9.17) is 4.74 Å². The first kappa shape index (κ1) is 20.9. The molecule has 0 saturated carbocycles. The van der Waals surface area contributed by atoms with Crippen LogP contribution in [0.3, 0.4) is 0 Å². The molecule has 0 bridgehead atoms. The van der Waals surface area contributed by atoms with E-state index < -0.39 is 41.8 Å². The van der Waals surface area contributed by atoms with Crippen molar-refractivity contribution >= 4 is 18.0 Å². The number of carbonyl (C=O) groups excluding carboxylic acids is 3. The van der Waals surface area contributed by atoms with Gasteiger partial charge in [0, 0.05) is 18.5 Å². The largest absolute Gasteiger partial charge is 0.466 e. The lowest BCUT2D eigenvalue weighted by Crippen LogP contribution is -2.49. The second kappa shape index (κ2) is 8.82. The van der Waals surface area contributed by atoms with Crippen molar-refractivity contribution in [3.05, 3.63) is 12.2 Å². The number of rotatable bonds is 5. The summed E-state index contributed by atoms with van der Waals surface area (Å²) >= 11 is 0. The highest BCUT2D eigenvalue weighted by Crippen LogP contribution is 2.23. The highest BCUT2D eigenvalue weighted by atomic mass is 19.1. The molecule has 1 rings (SSSR count). The van der Waals surface area contributed by atoms with Gasteiger partial charge in [0.05, 0.1) is 13.7 Å². The monoisotopic (exact) mass is 358 g/mol. The summed E-state index contributed by atoms with van der Waals surface area (Å²) in [6.45, 7) is 6.75. The Bertz CT molecular complexity index is 530. The van der Waals surface area contributed by atoms with Gasteiger partial charge in [0.25, 0.3) is 0 Å². The minimum atomic E-state index is -1.28. The van der Waals surface area contributed by atoms with Crippen LogP contribution in [0.2, 0.25) is 0 Å². The Kier molecular flexibility index (Phi) is 7.38. The molecule has 0 radical (unpaired) electrons. The van der Waals surface area contributed by atoms with Crippen molar-refractivity contribution in [3.63, 3.8) is 0 Å². The molecule has 0 unspecified atom stereocenters. The van der Waals surface area contributed by atoms with E-state index in [1.165, 1.54) is 19.3 Å². The van der Waals surface area contributed by atoms with Crippen LogP contribution in [0.4, 0.5) is 9.18 Å². The molecule has 142 valence electrons. The maximum absolute atomic E-state index is 13.8. The van der Waals surface area contributed by atoms with Gasteiger partial charge in [0.2, 0.25) is 5.91 Å². The number of nitrogens with zero attached hydrogens (tertiary/aromatic N) is 1. The van der Waals surface area contributed by atoms with E-state index in [2.05, 4.69) is 10.1 Å². The van der Waals surface area contributed by atoms with Gasteiger partial charge in [-0.1, -0.05) is 13.0 Å². The number of alkyl halides is 1. The van der Waals surface area contributed by atoms with Crippen LogP contribution in [-0.4, -0.2) is 60.4 Å². The van der Waals surface area contributed by atoms with E-state index in [1.807, 2.05) is 6.92 Å². The first-order valence-electron chi connectivity index (χ1n) is 8.27. The molecule has 1 saturated heterocycles. The van der Waals surface area contributed by atoms with Crippen LogP contribution in [0.1, 0.15) is 40.5 Å². The highest BCUT2D eigenvalue weighted by Gasteiger charge is 2.41. The van der Waals surface area contributed by atoms with E-state index in [0.717, 1.165) is 4.90 Å². The number of ether oxygens (including phenoxy) is 2. The van der Waals surface area contributed by atoms with Gasteiger partial charge in [-0.05, 0) is 27.2 Å². The third-order valence-corrected chi connectivity index (χ3v) is 3.61. The first-order chi connectivity index (χ1) is 11.6. The Labute approximate surface area is 147 Å². The summed E-state index contributed by atoms with van der Waals surface area (Å²) in [6.07, 6.45) is 1.16. The number of halogens is 1. The van der Waals surface area contributed by atoms with Crippen molar-refractivity contribution in [2.45, 2.75) is 64.4 Å². The van der Waals surface area contributed by atoms with Crippen LogP contribution in [0, 0.1) is 0 Å². The van der Waals surface area contributed by atoms with Gasteiger partial charge in [-0.25, -0.2) is 14.0 Å². The zero-order chi connectivity index (χ0) is 19.2. The summed E-state index contributed by atoms with van der Waals surface area (Å²) in [6, 6.07) is -1.36. The third kappa shape index (κ3) is 6.72. The van der Waals surface area contributed by atoms with Gasteiger partial charge < -0.3 is 14.8 Å². The van der Waals surface area contributed by atoms with E-state index in [-0.39, 0.29) is 13.0 Å². The molecule has 0 aromatic carbocycles. The van der Waals surface area contributed by atoms with Gasteiger partial charge >= 0.3 is 12.1 Å². The summed E-state index contributed by atoms with van der Waals surface area (Å²) in [5, 5.41) is 2.71. The van der Waals surface area contributed by atoms with Crippen molar-refractivity contribution in [2.24, 2.45) is 0 Å². The van der Waals surface area contributed by atoms with E-state index in [0.29, 0.717) is 6.42 Å². The fourth-order valence-corrected chi connectivity index (χ4v) is 2.38. The number of hydrogen-bond donors (Lipinski definition) is 1. The standard InChI is InChI=1S/C17H27FN2O5/c1-6-12(7-8-14(21)24-5)19-15(22)13-9-11(18)10-20(13)16(23)25-17(2,3)4/h7-8,11-13H,6,9-10H2,1-5H3,(H,19,22)/b8-7+/t11-,12-,13-/m0/s1. The molecule has 0 aromatic rings. The Balaban J connectivity index is 2.78. The Morgan fingerprint density at radius 1 is 1.36 bits per heavy atom. The molecule has 3 atom stereocenters. The molecule has 8 heteroatoms. The van der Waals surface area contributed by atoms with Crippen LogP contribution in [0.5, 0.6) is 0 Å². The number of esters is 1. The van der Waals surface area contributed by atoms with Gasteiger partial charge in [0.15, 0.2) is 0 Å². The summed E-state index contributed by atoms with van der Waals surface area (Å²) in [4.78, 5) is 37.0. The average molecular weight is 358 g/mol. The molecule has 0 aromatic heterocycles. The molecule has 1 aliphatic heterocycles. The van der Waals surface area contributed by atoms with E-state index in [1.54, 1.807) is 20.8 Å². The highest BCUT2D eigenvalue weighted by molar-refractivity contribution is 5.87. The molecule has 1 aliphatic rings. The van der Waals surface area contributed by atoms with Gasteiger partial charge in [-0.2, -0.15) is 0 Å². The molecule has 1 heterocycles. The molecule has 25 heavy (non-hydrogen) atoms. The average Bonchev–Trinajstić information content (AvgIpc) is 2.91. The summed E-state index contributed by atoms with van der Waals surface area (Å²) < 4.78 is 23.5.